The maximum absolute atomic E-state index is 12.4. The van der Waals surface area contributed by atoms with Crippen molar-refractivity contribution in [1.29, 1.82) is 0 Å². The zero-order chi connectivity index (χ0) is 18.1. The van der Waals surface area contributed by atoms with Crippen molar-refractivity contribution in [3.05, 3.63) is 54.1 Å². The molecule has 0 spiro atoms. The summed E-state index contributed by atoms with van der Waals surface area (Å²) < 4.78 is 6.18. The second-order valence-electron chi connectivity index (χ2n) is 7.33. The van der Waals surface area contributed by atoms with Gasteiger partial charge < -0.3 is 20.7 Å². The number of nitrogen functional groups attached to an aromatic ring is 1. The van der Waals surface area contributed by atoms with Crippen molar-refractivity contribution in [3.63, 3.8) is 0 Å². The van der Waals surface area contributed by atoms with Gasteiger partial charge in [-0.05, 0) is 69.1 Å². The molecule has 5 nitrogen and oxygen atoms in total. The second kappa shape index (κ2) is 9.50. The lowest BCUT2D eigenvalue weighted by atomic mass is 10.0. The van der Waals surface area contributed by atoms with Crippen LogP contribution in [0.1, 0.15) is 36.0 Å². The number of rotatable bonds is 4. The van der Waals surface area contributed by atoms with Gasteiger partial charge in [0.2, 0.25) is 0 Å². The first-order valence-electron chi connectivity index (χ1n) is 9.24. The molecule has 152 valence electrons. The van der Waals surface area contributed by atoms with Gasteiger partial charge in [0.25, 0.3) is 5.91 Å². The number of amides is 1. The van der Waals surface area contributed by atoms with Crippen LogP contribution in [-0.2, 0) is 0 Å². The third-order valence-electron chi connectivity index (χ3n) is 5.68. The lowest BCUT2D eigenvalue weighted by Crippen LogP contribution is -2.43. The van der Waals surface area contributed by atoms with E-state index in [1.807, 2.05) is 24.3 Å². The van der Waals surface area contributed by atoms with Gasteiger partial charge in [0.15, 0.2) is 0 Å². The fraction of sp³-hybridized carbons (Fsp3) is 0.381. The van der Waals surface area contributed by atoms with Crippen LogP contribution in [0.5, 0.6) is 5.75 Å². The summed E-state index contributed by atoms with van der Waals surface area (Å²) in [6.07, 6.45) is 5.00. The molecule has 4 rings (SSSR count). The van der Waals surface area contributed by atoms with E-state index in [-0.39, 0.29) is 36.8 Å². The lowest BCUT2D eigenvalue weighted by molar-refractivity contribution is 0.0661. The molecule has 0 radical (unpaired) electrons. The van der Waals surface area contributed by atoms with E-state index in [4.69, 9.17) is 10.5 Å². The third-order valence-corrected chi connectivity index (χ3v) is 5.68. The van der Waals surface area contributed by atoms with Gasteiger partial charge >= 0.3 is 0 Å². The molecular weight excluding hydrogens is 397 g/mol. The number of carbonyl (C=O) groups excluding carboxylic acids is 1. The minimum Gasteiger partial charge on any atom is -0.490 e. The van der Waals surface area contributed by atoms with Crippen LogP contribution >= 0.6 is 24.8 Å². The Morgan fingerprint density at radius 2 is 1.64 bits per heavy atom. The summed E-state index contributed by atoms with van der Waals surface area (Å²) >= 11 is 0. The molecule has 2 unspecified atom stereocenters. The van der Waals surface area contributed by atoms with Crippen LogP contribution in [0.3, 0.4) is 0 Å². The van der Waals surface area contributed by atoms with Crippen LogP contribution < -0.4 is 15.8 Å². The van der Waals surface area contributed by atoms with Crippen molar-refractivity contribution in [2.45, 2.75) is 43.9 Å². The summed E-state index contributed by atoms with van der Waals surface area (Å²) in [6, 6.07) is 15.9. The topological polar surface area (TPSA) is 67.6 Å². The molecule has 2 fully saturated rings. The number of nitrogens with two attached hydrogens (primary N) is 1. The maximum atomic E-state index is 12.4. The van der Waals surface area contributed by atoms with Crippen LogP contribution in [0.2, 0.25) is 0 Å². The molecule has 1 amide bonds. The second-order valence-corrected chi connectivity index (χ2v) is 7.33. The average Bonchev–Trinajstić information content (AvgIpc) is 2.85. The molecule has 2 aromatic carbocycles. The normalized spacial score (nSPS) is 23.2. The maximum Gasteiger partial charge on any atom is 0.255 e. The monoisotopic (exact) mass is 423 g/mol. The highest BCUT2D eigenvalue weighted by Crippen LogP contribution is 2.35. The van der Waals surface area contributed by atoms with Crippen molar-refractivity contribution in [2.24, 2.45) is 0 Å². The number of benzene rings is 2. The molecule has 2 aliphatic rings. The molecule has 0 aliphatic carbocycles. The smallest absolute Gasteiger partial charge is 0.255 e. The Balaban J connectivity index is 0.00000140. The molecule has 2 atom stereocenters. The van der Waals surface area contributed by atoms with E-state index in [1.54, 1.807) is 24.3 Å². The Labute approximate surface area is 178 Å². The van der Waals surface area contributed by atoms with Gasteiger partial charge in [-0.15, -0.1) is 24.8 Å². The van der Waals surface area contributed by atoms with Crippen molar-refractivity contribution in [3.8, 4) is 5.75 Å². The summed E-state index contributed by atoms with van der Waals surface area (Å²) in [4.78, 5) is 14.9. The molecule has 0 aromatic heterocycles. The molecule has 0 saturated carbocycles. The number of para-hydroxylation sites is 2. The Morgan fingerprint density at radius 1 is 1.04 bits per heavy atom. The van der Waals surface area contributed by atoms with Crippen LogP contribution in [0.25, 0.3) is 0 Å². The van der Waals surface area contributed by atoms with E-state index in [0.717, 1.165) is 18.6 Å². The van der Waals surface area contributed by atoms with Crippen LogP contribution in [0.4, 0.5) is 11.4 Å². The Bertz CT molecular complexity index is 786. The molecule has 2 bridgehead atoms. The minimum absolute atomic E-state index is 0. The molecule has 2 saturated heterocycles. The third kappa shape index (κ3) is 4.72. The van der Waals surface area contributed by atoms with Gasteiger partial charge in [0.05, 0.1) is 11.4 Å². The molecule has 3 N–H and O–H groups in total. The van der Waals surface area contributed by atoms with Crippen molar-refractivity contribution in [1.82, 2.24) is 4.90 Å². The van der Waals surface area contributed by atoms with Crippen LogP contribution in [0.15, 0.2) is 48.5 Å². The summed E-state index contributed by atoms with van der Waals surface area (Å²) in [7, 11) is 2.23. The van der Waals surface area contributed by atoms with Crippen LogP contribution in [0, 0.1) is 0 Å². The summed E-state index contributed by atoms with van der Waals surface area (Å²) in [5.41, 5.74) is 7.64. The van der Waals surface area contributed by atoms with Gasteiger partial charge in [-0.1, -0.05) is 12.1 Å². The number of halogens is 2. The fourth-order valence-electron chi connectivity index (χ4n) is 4.14. The highest BCUT2D eigenvalue weighted by Gasteiger charge is 2.39. The van der Waals surface area contributed by atoms with E-state index in [2.05, 4.69) is 17.3 Å². The largest absolute Gasteiger partial charge is 0.490 e. The number of carbonyl (C=O) groups is 1. The average molecular weight is 424 g/mol. The summed E-state index contributed by atoms with van der Waals surface area (Å²) in [5.74, 6) is 0.654. The van der Waals surface area contributed by atoms with Gasteiger partial charge in [-0.3, -0.25) is 4.79 Å². The molecular formula is C21H27Cl2N3O2. The summed E-state index contributed by atoms with van der Waals surface area (Å²) in [5, 5.41) is 2.84. The van der Waals surface area contributed by atoms with Crippen molar-refractivity contribution in [2.75, 3.05) is 18.1 Å². The van der Waals surface area contributed by atoms with Crippen molar-refractivity contribution < 1.29 is 9.53 Å². The predicted molar refractivity (Wildman–Crippen MR) is 118 cm³/mol. The standard InChI is InChI=1S/C21H25N3O2.2ClH/c1-24-15-8-9-16(24)13-18(12-15)26-17-10-6-14(7-11-17)21(25)23-20-5-3-2-4-19(20)22;;/h2-7,10-11,15-16,18H,8-9,12-13,22H2,1H3,(H,23,25);2*1H. The number of piperidine rings is 1. The van der Waals surface area contributed by atoms with Gasteiger partial charge in [-0.2, -0.15) is 0 Å². The van der Waals surface area contributed by atoms with E-state index >= 15 is 0 Å². The number of ether oxygens (including phenoxy) is 1. The number of nitrogens with zero attached hydrogens (tertiary/aromatic N) is 1. The first kappa shape index (κ1) is 22.3. The first-order valence-corrected chi connectivity index (χ1v) is 9.24. The number of nitrogens with one attached hydrogen (secondary N) is 1. The Morgan fingerprint density at radius 3 is 2.25 bits per heavy atom. The highest BCUT2D eigenvalue weighted by atomic mass is 35.5. The molecule has 2 aromatic rings. The molecule has 28 heavy (non-hydrogen) atoms. The number of fused-ring (bicyclic) bond motifs is 2. The first-order chi connectivity index (χ1) is 12.6. The van der Waals surface area contributed by atoms with Gasteiger partial charge in [0.1, 0.15) is 11.9 Å². The SMILES string of the molecule is CN1C2CCC1CC(Oc1ccc(C(=O)Nc3ccccc3N)cc1)C2.Cl.Cl. The molecule has 2 heterocycles. The molecule has 2 aliphatic heterocycles. The number of hydrogen-bond acceptors (Lipinski definition) is 4. The number of anilines is 2. The Hall–Kier alpha value is -1.95. The van der Waals surface area contributed by atoms with E-state index in [1.165, 1.54) is 12.8 Å². The number of hydrogen-bond donors (Lipinski definition) is 2. The van der Waals surface area contributed by atoms with E-state index < -0.39 is 0 Å². The lowest BCUT2D eigenvalue weighted by Gasteiger charge is -2.36. The zero-order valence-corrected chi connectivity index (χ0v) is 17.5. The molecule has 7 heteroatoms. The van der Waals surface area contributed by atoms with Crippen LogP contribution in [-0.4, -0.2) is 36.0 Å². The van der Waals surface area contributed by atoms with Crippen molar-refractivity contribution >= 4 is 42.1 Å². The Kier molecular flexibility index (Phi) is 7.58. The van der Waals surface area contributed by atoms with E-state index in [0.29, 0.717) is 29.0 Å². The quantitative estimate of drug-likeness (QED) is 0.716. The predicted octanol–water partition coefficient (Wildman–Crippen LogP) is 4.37. The summed E-state index contributed by atoms with van der Waals surface area (Å²) in [6.45, 7) is 0. The van der Waals surface area contributed by atoms with E-state index in [9.17, 15) is 4.79 Å². The minimum atomic E-state index is -0.174. The zero-order valence-electron chi connectivity index (χ0n) is 15.8. The fourth-order valence-corrected chi connectivity index (χ4v) is 4.14. The van der Waals surface area contributed by atoms with Gasteiger partial charge in [0, 0.05) is 17.6 Å². The van der Waals surface area contributed by atoms with Gasteiger partial charge in [-0.25, -0.2) is 0 Å². The highest BCUT2D eigenvalue weighted by molar-refractivity contribution is 6.05.